The molecule has 1 aliphatic rings. The van der Waals surface area contributed by atoms with Gasteiger partial charge in [0.2, 0.25) is 0 Å². The highest BCUT2D eigenvalue weighted by atomic mass is 35.5. The number of nitrogens with zero attached hydrogens (tertiary/aromatic N) is 2. The van der Waals surface area contributed by atoms with E-state index >= 15 is 0 Å². The molecule has 132 valence electrons. The van der Waals surface area contributed by atoms with E-state index in [9.17, 15) is 4.79 Å². The van der Waals surface area contributed by atoms with Gasteiger partial charge in [0, 0.05) is 43.0 Å². The van der Waals surface area contributed by atoms with Crippen molar-refractivity contribution in [3.05, 3.63) is 58.1 Å². The molecular weight excluding hydrogens is 359 g/mol. The van der Waals surface area contributed by atoms with E-state index in [0.717, 1.165) is 13.1 Å². The molecule has 6 heteroatoms. The molecule has 0 atom stereocenters. The van der Waals surface area contributed by atoms with E-state index in [1.807, 2.05) is 4.90 Å². The first kappa shape index (κ1) is 17.9. The van der Waals surface area contributed by atoms with E-state index in [2.05, 4.69) is 36.1 Å². The van der Waals surface area contributed by atoms with Gasteiger partial charge in [-0.05, 0) is 36.8 Å². The molecule has 1 fully saturated rings. The maximum Gasteiger partial charge on any atom is 0.260 e. The van der Waals surface area contributed by atoms with E-state index in [1.54, 1.807) is 18.2 Å². The van der Waals surface area contributed by atoms with Gasteiger partial charge in [0.15, 0.2) is 6.61 Å². The van der Waals surface area contributed by atoms with Crippen LogP contribution in [0.4, 0.5) is 5.69 Å². The largest absolute Gasteiger partial charge is 0.482 e. The molecule has 2 aromatic rings. The number of benzene rings is 2. The molecule has 1 amide bonds. The number of halogens is 2. The Morgan fingerprint density at radius 3 is 2.56 bits per heavy atom. The van der Waals surface area contributed by atoms with Crippen LogP contribution >= 0.6 is 23.2 Å². The van der Waals surface area contributed by atoms with E-state index in [0.29, 0.717) is 28.9 Å². The van der Waals surface area contributed by atoms with Gasteiger partial charge in [-0.1, -0.05) is 35.3 Å². The van der Waals surface area contributed by atoms with Gasteiger partial charge in [-0.15, -0.1) is 0 Å². The standard InChI is InChI=1S/C19H20Cl2N2O2/c1-14-3-2-4-16(11-14)22-7-9-23(10-8-22)19(24)13-25-18-12-15(20)5-6-17(18)21/h2-6,11-12H,7-10,13H2,1H3. The SMILES string of the molecule is Cc1cccc(N2CCN(C(=O)COc3cc(Cl)ccc3Cl)CC2)c1. The van der Waals surface area contributed by atoms with Crippen LogP contribution in [0.5, 0.6) is 5.75 Å². The summed E-state index contributed by atoms with van der Waals surface area (Å²) in [5, 5.41) is 0.972. The van der Waals surface area contributed by atoms with Gasteiger partial charge in [0.25, 0.3) is 5.91 Å². The molecule has 0 spiro atoms. The number of hydrogen-bond acceptors (Lipinski definition) is 3. The highest BCUT2D eigenvalue weighted by Gasteiger charge is 2.22. The van der Waals surface area contributed by atoms with Crippen LogP contribution in [0.1, 0.15) is 5.56 Å². The third kappa shape index (κ3) is 4.59. The second-order valence-corrected chi connectivity index (χ2v) is 6.91. The summed E-state index contributed by atoms with van der Waals surface area (Å²) in [6.07, 6.45) is 0. The van der Waals surface area contributed by atoms with Gasteiger partial charge < -0.3 is 14.5 Å². The number of anilines is 1. The summed E-state index contributed by atoms with van der Waals surface area (Å²) < 4.78 is 5.54. The number of carbonyl (C=O) groups is 1. The van der Waals surface area contributed by atoms with E-state index < -0.39 is 0 Å². The maximum atomic E-state index is 12.4. The van der Waals surface area contributed by atoms with E-state index in [1.165, 1.54) is 11.3 Å². The summed E-state index contributed by atoms with van der Waals surface area (Å²) in [7, 11) is 0. The van der Waals surface area contributed by atoms with Crippen molar-refractivity contribution >= 4 is 34.8 Å². The van der Waals surface area contributed by atoms with Crippen LogP contribution in [-0.4, -0.2) is 43.6 Å². The monoisotopic (exact) mass is 378 g/mol. The second-order valence-electron chi connectivity index (χ2n) is 6.07. The summed E-state index contributed by atoms with van der Waals surface area (Å²) >= 11 is 12.0. The minimum Gasteiger partial charge on any atom is -0.482 e. The molecular formula is C19H20Cl2N2O2. The Hall–Kier alpha value is -1.91. The van der Waals surface area contributed by atoms with Crippen LogP contribution in [0.3, 0.4) is 0 Å². The molecule has 3 rings (SSSR count). The lowest BCUT2D eigenvalue weighted by atomic mass is 10.2. The summed E-state index contributed by atoms with van der Waals surface area (Å²) in [6, 6.07) is 13.4. The van der Waals surface area contributed by atoms with Crippen molar-refractivity contribution in [3.63, 3.8) is 0 Å². The molecule has 25 heavy (non-hydrogen) atoms. The molecule has 0 radical (unpaired) electrons. The highest BCUT2D eigenvalue weighted by molar-refractivity contribution is 6.34. The average molecular weight is 379 g/mol. The number of piperazine rings is 1. The lowest BCUT2D eigenvalue weighted by Gasteiger charge is -2.36. The quantitative estimate of drug-likeness (QED) is 0.804. The second kappa shape index (κ2) is 7.98. The fourth-order valence-corrected chi connectivity index (χ4v) is 3.19. The van der Waals surface area contributed by atoms with Crippen LogP contribution in [0.15, 0.2) is 42.5 Å². The minimum absolute atomic E-state index is 0.0372. The van der Waals surface area contributed by atoms with Crippen LogP contribution in [0, 0.1) is 6.92 Å². The Morgan fingerprint density at radius 1 is 1.08 bits per heavy atom. The van der Waals surface area contributed by atoms with Gasteiger partial charge in [-0.3, -0.25) is 4.79 Å². The Bertz CT molecular complexity index is 759. The zero-order valence-corrected chi connectivity index (χ0v) is 15.6. The number of rotatable bonds is 4. The number of hydrogen-bond donors (Lipinski definition) is 0. The predicted octanol–water partition coefficient (Wildman–Crippen LogP) is 4.03. The smallest absolute Gasteiger partial charge is 0.260 e. The molecule has 1 aliphatic heterocycles. The molecule has 4 nitrogen and oxygen atoms in total. The zero-order chi connectivity index (χ0) is 17.8. The van der Waals surface area contributed by atoms with Crippen molar-refractivity contribution in [2.75, 3.05) is 37.7 Å². The number of aryl methyl sites for hydroxylation is 1. The topological polar surface area (TPSA) is 32.8 Å². The highest BCUT2D eigenvalue weighted by Crippen LogP contribution is 2.27. The summed E-state index contributed by atoms with van der Waals surface area (Å²) in [4.78, 5) is 16.5. The molecule has 1 heterocycles. The van der Waals surface area contributed by atoms with Crippen molar-refractivity contribution in [2.24, 2.45) is 0 Å². The average Bonchev–Trinajstić information content (AvgIpc) is 2.62. The third-order valence-electron chi connectivity index (χ3n) is 4.24. The van der Waals surface area contributed by atoms with Gasteiger partial charge in [0.05, 0.1) is 5.02 Å². The molecule has 0 N–H and O–H groups in total. The normalized spacial score (nSPS) is 14.5. The zero-order valence-electron chi connectivity index (χ0n) is 14.0. The van der Waals surface area contributed by atoms with Gasteiger partial charge in [-0.25, -0.2) is 0 Å². The maximum absolute atomic E-state index is 12.4. The van der Waals surface area contributed by atoms with Crippen LogP contribution in [-0.2, 0) is 4.79 Å². The number of carbonyl (C=O) groups excluding carboxylic acids is 1. The Kier molecular flexibility index (Phi) is 5.71. The van der Waals surface area contributed by atoms with Gasteiger partial charge in [0.1, 0.15) is 5.75 Å². The number of amides is 1. The summed E-state index contributed by atoms with van der Waals surface area (Å²) in [5.74, 6) is 0.390. The van der Waals surface area contributed by atoms with Crippen LogP contribution in [0.25, 0.3) is 0 Å². The van der Waals surface area contributed by atoms with Gasteiger partial charge in [-0.2, -0.15) is 0 Å². The predicted molar refractivity (Wildman–Crippen MR) is 102 cm³/mol. The van der Waals surface area contributed by atoms with Crippen molar-refractivity contribution in [1.82, 2.24) is 4.90 Å². The Balaban J connectivity index is 1.52. The van der Waals surface area contributed by atoms with Crippen molar-refractivity contribution in [2.45, 2.75) is 6.92 Å². The van der Waals surface area contributed by atoms with Crippen LogP contribution < -0.4 is 9.64 Å². The minimum atomic E-state index is -0.0417. The first-order chi connectivity index (χ1) is 12.0. The first-order valence-corrected chi connectivity index (χ1v) is 8.96. The molecule has 2 aromatic carbocycles. The van der Waals surface area contributed by atoms with Crippen molar-refractivity contribution in [1.29, 1.82) is 0 Å². The molecule has 0 saturated carbocycles. The summed E-state index contributed by atoms with van der Waals surface area (Å²) in [5.41, 5.74) is 2.44. The van der Waals surface area contributed by atoms with Gasteiger partial charge >= 0.3 is 0 Å². The first-order valence-electron chi connectivity index (χ1n) is 8.20. The lowest BCUT2D eigenvalue weighted by Crippen LogP contribution is -2.50. The van der Waals surface area contributed by atoms with Crippen molar-refractivity contribution < 1.29 is 9.53 Å². The fraction of sp³-hybridized carbons (Fsp3) is 0.316. The summed E-state index contributed by atoms with van der Waals surface area (Å²) in [6.45, 7) is 5.03. The molecule has 0 aromatic heterocycles. The lowest BCUT2D eigenvalue weighted by molar-refractivity contribution is -0.133. The molecule has 0 bridgehead atoms. The Morgan fingerprint density at radius 2 is 1.84 bits per heavy atom. The number of ether oxygens (including phenoxy) is 1. The van der Waals surface area contributed by atoms with Crippen LogP contribution in [0.2, 0.25) is 10.0 Å². The van der Waals surface area contributed by atoms with Crippen molar-refractivity contribution in [3.8, 4) is 5.75 Å². The van der Waals surface area contributed by atoms with E-state index in [4.69, 9.17) is 27.9 Å². The molecule has 0 unspecified atom stereocenters. The Labute approximate surface area is 157 Å². The molecule has 0 aliphatic carbocycles. The molecule has 1 saturated heterocycles. The van der Waals surface area contributed by atoms with E-state index in [-0.39, 0.29) is 12.5 Å². The third-order valence-corrected chi connectivity index (χ3v) is 4.79. The fourth-order valence-electron chi connectivity index (χ4n) is 2.86.